The second kappa shape index (κ2) is 7.61. The minimum Gasteiger partial charge on any atom is -0.445 e. The molecule has 2 aromatic carbocycles. The first-order valence-electron chi connectivity index (χ1n) is 7.68. The maximum Gasteiger partial charge on any atom is 0.408 e. The second-order valence-corrected chi connectivity index (χ2v) is 5.42. The fraction of sp³-hybridized carbons (Fsp3) is 0.222. The van der Waals surface area contributed by atoms with Gasteiger partial charge in [-0.2, -0.15) is 0 Å². The molecule has 1 saturated heterocycles. The molecule has 1 fully saturated rings. The van der Waals surface area contributed by atoms with Gasteiger partial charge >= 0.3 is 6.09 Å². The number of hydroxylamine groups is 2. The van der Waals surface area contributed by atoms with Crippen molar-refractivity contribution in [1.29, 1.82) is 0 Å². The van der Waals surface area contributed by atoms with Crippen LogP contribution in [-0.2, 0) is 27.6 Å². The SMILES string of the molecule is O=C(N[C@H]1CN(OCc2ccccc2)C1=O)OCc1ccccc1. The third kappa shape index (κ3) is 4.11. The highest BCUT2D eigenvalue weighted by Gasteiger charge is 2.39. The summed E-state index contributed by atoms with van der Waals surface area (Å²) in [4.78, 5) is 29.0. The monoisotopic (exact) mass is 326 g/mol. The number of amides is 2. The van der Waals surface area contributed by atoms with Gasteiger partial charge in [0.2, 0.25) is 0 Å². The first-order valence-corrected chi connectivity index (χ1v) is 7.68. The summed E-state index contributed by atoms with van der Waals surface area (Å²) in [5.74, 6) is -0.275. The minimum absolute atomic E-state index is 0.168. The van der Waals surface area contributed by atoms with E-state index in [0.717, 1.165) is 11.1 Å². The lowest BCUT2D eigenvalue weighted by Gasteiger charge is -2.36. The van der Waals surface area contributed by atoms with E-state index in [1.54, 1.807) is 0 Å². The van der Waals surface area contributed by atoms with E-state index in [2.05, 4.69) is 5.32 Å². The van der Waals surface area contributed by atoms with Gasteiger partial charge in [-0.15, -0.1) is 0 Å². The molecule has 1 heterocycles. The van der Waals surface area contributed by atoms with Gasteiger partial charge in [-0.05, 0) is 11.1 Å². The molecule has 0 aliphatic carbocycles. The normalized spacial score (nSPS) is 16.4. The maximum atomic E-state index is 11.9. The molecule has 6 nitrogen and oxygen atoms in total. The van der Waals surface area contributed by atoms with Gasteiger partial charge < -0.3 is 10.1 Å². The molecule has 2 aromatic rings. The molecule has 0 spiro atoms. The van der Waals surface area contributed by atoms with Crippen molar-refractivity contribution in [3.63, 3.8) is 0 Å². The molecular weight excluding hydrogens is 308 g/mol. The summed E-state index contributed by atoms with van der Waals surface area (Å²) in [5.41, 5.74) is 1.87. The first-order chi connectivity index (χ1) is 11.7. The number of nitrogens with one attached hydrogen (secondary N) is 1. The van der Waals surface area contributed by atoms with Crippen LogP contribution < -0.4 is 5.32 Å². The number of carbonyl (C=O) groups excluding carboxylic acids is 2. The topological polar surface area (TPSA) is 67.9 Å². The molecule has 6 heteroatoms. The first kappa shape index (κ1) is 16.0. The number of hydrogen-bond acceptors (Lipinski definition) is 4. The van der Waals surface area contributed by atoms with E-state index in [0.29, 0.717) is 13.2 Å². The second-order valence-electron chi connectivity index (χ2n) is 5.42. The number of alkyl carbamates (subject to hydrolysis) is 1. The third-order valence-electron chi connectivity index (χ3n) is 3.63. The molecule has 3 rings (SSSR count). The quantitative estimate of drug-likeness (QED) is 0.827. The Bertz CT molecular complexity index is 691. The van der Waals surface area contributed by atoms with Crippen LogP contribution in [0.15, 0.2) is 60.7 Å². The number of hydrogen-bond donors (Lipinski definition) is 1. The largest absolute Gasteiger partial charge is 0.445 e. The van der Waals surface area contributed by atoms with Gasteiger partial charge in [-0.1, -0.05) is 60.7 Å². The highest BCUT2D eigenvalue weighted by molar-refractivity contribution is 5.90. The number of β-lactam (4-membered cyclic amide) rings is 1. The predicted octanol–water partition coefficient (Wildman–Crippen LogP) is 2.26. The molecule has 0 saturated carbocycles. The molecule has 1 N–H and O–H groups in total. The van der Waals surface area contributed by atoms with Crippen LogP contribution in [0.3, 0.4) is 0 Å². The number of carbonyl (C=O) groups is 2. The zero-order valence-electron chi connectivity index (χ0n) is 13.1. The summed E-state index contributed by atoms with van der Waals surface area (Å²) in [7, 11) is 0. The third-order valence-corrected chi connectivity index (χ3v) is 3.63. The van der Waals surface area contributed by atoms with Crippen LogP contribution in [0, 0.1) is 0 Å². The van der Waals surface area contributed by atoms with Crippen LogP contribution in [0.25, 0.3) is 0 Å². The molecule has 1 aliphatic rings. The van der Waals surface area contributed by atoms with Crippen molar-refractivity contribution in [2.75, 3.05) is 6.54 Å². The zero-order chi connectivity index (χ0) is 16.8. The van der Waals surface area contributed by atoms with Crippen molar-refractivity contribution in [2.45, 2.75) is 19.3 Å². The van der Waals surface area contributed by atoms with E-state index >= 15 is 0 Å². The predicted molar refractivity (Wildman–Crippen MR) is 86.5 cm³/mol. The van der Waals surface area contributed by atoms with Crippen molar-refractivity contribution in [3.05, 3.63) is 71.8 Å². The van der Waals surface area contributed by atoms with Crippen LogP contribution in [0.2, 0.25) is 0 Å². The molecule has 24 heavy (non-hydrogen) atoms. The van der Waals surface area contributed by atoms with Gasteiger partial charge in [-0.25, -0.2) is 9.86 Å². The van der Waals surface area contributed by atoms with Gasteiger partial charge in [0.05, 0.1) is 6.54 Å². The van der Waals surface area contributed by atoms with Crippen molar-refractivity contribution < 1.29 is 19.2 Å². The number of rotatable bonds is 6. The Kier molecular flexibility index (Phi) is 5.08. The molecular formula is C18H18N2O4. The van der Waals surface area contributed by atoms with Crippen LogP contribution >= 0.6 is 0 Å². The highest BCUT2D eigenvalue weighted by atomic mass is 16.7. The van der Waals surface area contributed by atoms with E-state index < -0.39 is 12.1 Å². The summed E-state index contributed by atoms with van der Waals surface area (Å²) in [5, 5.41) is 3.78. The van der Waals surface area contributed by atoms with Crippen LogP contribution in [0.4, 0.5) is 4.79 Å². The van der Waals surface area contributed by atoms with E-state index in [4.69, 9.17) is 9.57 Å². The van der Waals surface area contributed by atoms with Crippen LogP contribution in [0.5, 0.6) is 0 Å². The fourth-order valence-electron chi connectivity index (χ4n) is 2.25. The average Bonchev–Trinajstić information content (AvgIpc) is 2.63. The Morgan fingerprint density at radius 3 is 2.17 bits per heavy atom. The summed E-state index contributed by atoms with van der Waals surface area (Å²) in [6.07, 6.45) is -0.611. The van der Waals surface area contributed by atoms with Gasteiger partial charge in [-0.3, -0.25) is 9.63 Å². The smallest absolute Gasteiger partial charge is 0.408 e. The Morgan fingerprint density at radius 2 is 1.58 bits per heavy atom. The maximum absolute atomic E-state index is 11.9. The van der Waals surface area contributed by atoms with E-state index in [-0.39, 0.29) is 12.5 Å². The van der Waals surface area contributed by atoms with E-state index in [1.807, 2.05) is 60.7 Å². The van der Waals surface area contributed by atoms with E-state index in [9.17, 15) is 9.59 Å². The standard InChI is InChI=1S/C18H18N2O4/c21-17-16(11-20(17)24-13-15-9-5-2-6-10-15)19-18(22)23-12-14-7-3-1-4-8-14/h1-10,16H,11-13H2,(H,19,22)/t16-/m0/s1. The summed E-state index contributed by atoms with van der Waals surface area (Å²) in [6.45, 7) is 0.797. The molecule has 1 aliphatic heterocycles. The lowest BCUT2D eigenvalue weighted by atomic mass is 10.1. The summed E-state index contributed by atoms with van der Waals surface area (Å²) in [6, 6.07) is 18.3. The molecule has 2 amide bonds. The lowest BCUT2D eigenvalue weighted by Crippen LogP contribution is -2.63. The number of benzene rings is 2. The molecule has 0 bridgehead atoms. The van der Waals surface area contributed by atoms with Gasteiger partial charge in [0.15, 0.2) is 0 Å². The van der Waals surface area contributed by atoms with Crippen LogP contribution in [-0.4, -0.2) is 29.7 Å². The van der Waals surface area contributed by atoms with Crippen molar-refractivity contribution >= 4 is 12.0 Å². The number of nitrogens with zero attached hydrogens (tertiary/aromatic N) is 1. The van der Waals surface area contributed by atoms with Crippen molar-refractivity contribution in [2.24, 2.45) is 0 Å². The van der Waals surface area contributed by atoms with E-state index in [1.165, 1.54) is 5.06 Å². The average molecular weight is 326 g/mol. The molecule has 1 atom stereocenters. The summed E-state index contributed by atoms with van der Waals surface area (Å²) >= 11 is 0. The van der Waals surface area contributed by atoms with Crippen molar-refractivity contribution in [1.82, 2.24) is 10.4 Å². The van der Waals surface area contributed by atoms with Crippen LogP contribution in [0.1, 0.15) is 11.1 Å². The Morgan fingerprint density at radius 1 is 1.00 bits per heavy atom. The Balaban J connectivity index is 1.37. The molecule has 0 radical (unpaired) electrons. The molecule has 124 valence electrons. The molecule has 0 aromatic heterocycles. The Labute approximate surface area is 139 Å². The zero-order valence-corrected chi connectivity index (χ0v) is 13.1. The Hall–Kier alpha value is -2.86. The molecule has 0 unspecified atom stereocenters. The fourth-order valence-corrected chi connectivity index (χ4v) is 2.25. The van der Waals surface area contributed by atoms with Gasteiger partial charge in [0.25, 0.3) is 5.91 Å². The van der Waals surface area contributed by atoms with Gasteiger partial charge in [0, 0.05) is 0 Å². The minimum atomic E-state index is -0.611. The number of ether oxygens (including phenoxy) is 1. The lowest BCUT2D eigenvalue weighted by molar-refractivity contribution is -0.218. The van der Waals surface area contributed by atoms with Crippen molar-refractivity contribution in [3.8, 4) is 0 Å². The summed E-state index contributed by atoms with van der Waals surface area (Å²) < 4.78 is 5.09. The van der Waals surface area contributed by atoms with Gasteiger partial charge in [0.1, 0.15) is 19.3 Å². The highest BCUT2D eigenvalue weighted by Crippen LogP contribution is 2.13.